The molecule has 0 bridgehead atoms. The number of hydrogen-bond donors (Lipinski definition) is 1. The first-order valence-corrected chi connectivity index (χ1v) is 7.10. The second-order valence-corrected chi connectivity index (χ2v) is 6.86. The monoisotopic (exact) mass is 238 g/mol. The number of thiophene rings is 1. The van der Waals surface area contributed by atoms with E-state index in [1.54, 1.807) is 11.3 Å². The summed E-state index contributed by atoms with van der Waals surface area (Å²) >= 11 is 1.70. The van der Waals surface area contributed by atoms with Crippen molar-refractivity contribution in [1.82, 2.24) is 0 Å². The summed E-state index contributed by atoms with van der Waals surface area (Å²) in [6.45, 7) is 6.78. The molecule has 2 rings (SSSR count). The van der Waals surface area contributed by atoms with Gasteiger partial charge in [0.2, 0.25) is 0 Å². The van der Waals surface area contributed by atoms with Crippen LogP contribution in [0.1, 0.15) is 56.1 Å². The summed E-state index contributed by atoms with van der Waals surface area (Å²) in [5, 5.41) is 12.5. The van der Waals surface area contributed by atoms with Gasteiger partial charge in [-0.15, -0.1) is 11.3 Å². The number of rotatable bonds is 2. The molecule has 0 radical (unpaired) electrons. The van der Waals surface area contributed by atoms with Crippen LogP contribution < -0.4 is 0 Å². The van der Waals surface area contributed by atoms with Gasteiger partial charge in [0.25, 0.3) is 0 Å². The van der Waals surface area contributed by atoms with E-state index >= 15 is 0 Å². The summed E-state index contributed by atoms with van der Waals surface area (Å²) in [5.41, 5.74) is 1.74. The first-order valence-electron chi connectivity index (χ1n) is 6.22. The Kier molecular flexibility index (Phi) is 3.41. The van der Waals surface area contributed by atoms with Crippen LogP contribution in [-0.2, 0) is 0 Å². The van der Waals surface area contributed by atoms with Crippen molar-refractivity contribution in [3.8, 4) is 0 Å². The van der Waals surface area contributed by atoms with E-state index in [1.165, 1.54) is 36.1 Å². The molecule has 1 aromatic heterocycles. The van der Waals surface area contributed by atoms with Crippen LogP contribution in [0.3, 0.4) is 0 Å². The first-order chi connectivity index (χ1) is 7.49. The Hall–Kier alpha value is -0.340. The van der Waals surface area contributed by atoms with Gasteiger partial charge >= 0.3 is 0 Å². The van der Waals surface area contributed by atoms with Crippen LogP contribution in [0.2, 0.25) is 0 Å². The third kappa shape index (κ3) is 2.49. The minimum absolute atomic E-state index is 0.226. The summed E-state index contributed by atoms with van der Waals surface area (Å²) < 4.78 is 0. The standard InChI is InChI=1S/C14H22OS/c1-10-6-9-16-13(10)12(15)11-4-7-14(2,3)8-5-11/h6,9,11-12,15H,4-5,7-8H2,1-3H3. The van der Waals surface area contributed by atoms with Gasteiger partial charge in [-0.2, -0.15) is 0 Å². The number of aliphatic hydroxyl groups is 1. The third-order valence-electron chi connectivity index (χ3n) is 4.00. The molecule has 0 saturated heterocycles. The molecule has 1 atom stereocenters. The number of aliphatic hydroxyl groups excluding tert-OH is 1. The summed E-state index contributed by atoms with van der Waals surface area (Å²) in [6, 6.07) is 2.11. The van der Waals surface area contributed by atoms with Gasteiger partial charge in [-0.1, -0.05) is 13.8 Å². The van der Waals surface area contributed by atoms with E-state index in [-0.39, 0.29) is 6.10 Å². The van der Waals surface area contributed by atoms with E-state index in [0.717, 1.165) is 0 Å². The van der Waals surface area contributed by atoms with Crippen LogP contribution >= 0.6 is 11.3 Å². The molecule has 2 heteroatoms. The molecule has 1 aromatic rings. The molecule has 0 aromatic carbocycles. The summed E-state index contributed by atoms with van der Waals surface area (Å²) in [4.78, 5) is 1.18. The Morgan fingerprint density at radius 2 is 2.00 bits per heavy atom. The van der Waals surface area contributed by atoms with E-state index < -0.39 is 0 Å². The molecular weight excluding hydrogens is 216 g/mol. The van der Waals surface area contributed by atoms with Gasteiger partial charge in [0.05, 0.1) is 6.10 Å². The minimum atomic E-state index is -0.226. The molecule has 1 fully saturated rings. The van der Waals surface area contributed by atoms with E-state index in [0.29, 0.717) is 11.3 Å². The van der Waals surface area contributed by atoms with Crippen LogP contribution in [-0.4, -0.2) is 5.11 Å². The SMILES string of the molecule is Cc1ccsc1C(O)C1CCC(C)(C)CC1. The van der Waals surface area contributed by atoms with Crippen molar-refractivity contribution in [2.24, 2.45) is 11.3 Å². The second kappa shape index (κ2) is 4.50. The molecule has 1 aliphatic rings. The maximum Gasteiger partial charge on any atom is 0.0912 e. The van der Waals surface area contributed by atoms with Crippen molar-refractivity contribution < 1.29 is 5.11 Å². The fraction of sp³-hybridized carbons (Fsp3) is 0.714. The molecule has 0 spiro atoms. The van der Waals surface area contributed by atoms with E-state index in [4.69, 9.17) is 0 Å². The van der Waals surface area contributed by atoms with Crippen molar-refractivity contribution in [3.05, 3.63) is 21.9 Å². The van der Waals surface area contributed by atoms with Crippen molar-refractivity contribution >= 4 is 11.3 Å². The zero-order valence-corrected chi connectivity index (χ0v) is 11.3. The maximum absolute atomic E-state index is 10.4. The summed E-state index contributed by atoms with van der Waals surface area (Å²) in [5.74, 6) is 0.477. The molecule has 1 unspecified atom stereocenters. The molecular formula is C14H22OS. The van der Waals surface area contributed by atoms with Crippen molar-refractivity contribution in [2.45, 2.75) is 52.6 Å². The fourth-order valence-corrected chi connectivity index (χ4v) is 3.64. The molecule has 0 amide bonds. The van der Waals surface area contributed by atoms with Crippen LogP contribution in [0.5, 0.6) is 0 Å². The van der Waals surface area contributed by atoms with E-state index in [2.05, 4.69) is 32.2 Å². The highest BCUT2D eigenvalue weighted by Crippen LogP contribution is 2.43. The van der Waals surface area contributed by atoms with Gasteiger partial charge in [-0.25, -0.2) is 0 Å². The average molecular weight is 238 g/mol. The number of hydrogen-bond acceptors (Lipinski definition) is 2. The van der Waals surface area contributed by atoms with Crippen LogP contribution in [0.15, 0.2) is 11.4 Å². The van der Waals surface area contributed by atoms with Gasteiger partial charge in [-0.05, 0) is 60.9 Å². The normalized spacial score (nSPS) is 23.2. The average Bonchev–Trinajstić information content (AvgIpc) is 2.63. The molecule has 1 heterocycles. The Labute approximate surface area is 103 Å². The zero-order valence-electron chi connectivity index (χ0n) is 10.5. The van der Waals surface area contributed by atoms with Crippen LogP contribution in [0.4, 0.5) is 0 Å². The molecule has 90 valence electrons. The van der Waals surface area contributed by atoms with E-state index in [1.807, 2.05) is 0 Å². The van der Waals surface area contributed by atoms with Crippen molar-refractivity contribution in [1.29, 1.82) is 0 Å². The summed E-state index contributed by atoms with van der Waals surface area (Å²) in [6.07, 6.45) is 4.62. The lowest BCUT2D eigenvalue weighted by molar-refractivity contribution is 0.0588. The predicted octanol–water partition coefficient (Wildman–Crippen LogP) is 4.31. The van der Waals surface area contributed by atoms with Gasteiger partial charge < -0.3 is 5.11 Å². The van der Waals surface area contributed by atoms with Crippen LogP contribution in [0, 0.1) is 18.3 Å². The second-order valence-electron chi connectivity index (χ2n) is 5.91. The highest BCUT2D eigenvalue weighted by Gasteiger charge is 2.31. The van der Waals surface area contributed by atoms with Gasteiger partial charge in [0.1, 0.15) is 0 Å². The zero-order chi connectivity index (χ0) is 11.8. The number of aryl methyl sites for hydroxylation is 1. The molecule has 1 N–H and O–H groups in total. The topological polar surface area (TPSA) is 20.2 Å². The highest BCUT2D eigenvalue weighted by atomic mass is 32.1. The van der Waals surface area contributed by atoms with Gasteiger partial charge in [0.15, 0.2) is 0 Å². The highest BCUT2D eigenvalue weighted by molar-refractivity contribution is 7.10. The van der Waals surface area contributed by atoms with Crippen molar-refractivity contribution in [3.63, 3.8) is 0 Å². The Balaban J connectivity index is 2.02. The predicted molar refractivity (Wildman–Crippen MR) is 69.8 cm³/mol. The quantitative estimate of drug-likeness (QED) is 0.814. The van der Waals surface area contributed by atoms with Crippen molar-refractivity contribution in [2.75, 3.05) is 0 Å². The third-order valence-corrected chi connectivity index (χ3v) is 5.09. The summed E-state index contributed by atoms with van der Waals surface area (Å²) in [7, 11) is 0. The Bertz CT molecular complexity index is 343. The lowest BCUT2D eigenvalue weighted by Gasteiger charge is -2.36. The fourth-order valence-electron chi connectivity index (χ4n) is 2.64. The Morgan fingerprint density at radius 1 is 1.38 bits per heavy atom. The van der Waals surface area contributed by atoms with E-state index in [9.17, 15) is 5.11 Å². The largest absolute Gasteiger partial charge is 0.387 e. The molecule has 1 aliphatic carbocycles. The maximum atomic E-state index is 10.4. The first kappa shape index (κ1) is 12.1. The minimum Gasteiger partial charge on any atom is -0.387 e. The van der Waals surface area contributed by atoms with Crippen LogP contribution in [0.25, 0.3) is 0 Å². The lowest BCUT2D eigenvalue weighted by atomic mass is 9.71. The molecule has 16 heavy (non-hydrogen) atoms. The Morgan fingerprint density at radius 3 is 2.50 bits per heavy atom. The van der Waals surface area contributed by atoms with Gasteiger partial charge in [-0.3, -0.25) is 0 Å². The molecule has 0 aliphatic heterocycles. The van der Waals surface area contributed by atoms with Gasteiger partial charge in [0, 0.05) is 4.88 Å². The molecule has 1 nitrogen and oxygen atoms in total. The lowest BCUT2D eigenvalue weighted by Crippen LogP contribution is -2.25. The molecule has 1 saturated carbocycles. The smallest absolute Gasteiger partial charge is 0.0912 e.